The van der Waals surface area contributed by atoms with Crippen molar-refractivity contribution in [3.63, 3.8) is 0 Å². The summed E-state index contributed by atoms with van der Waals surface area (Å²) in [7, 11) is 0. The average molecular weight is 347 g/mol. The highest BCUT2D eigenvalue weighted by molar-refractivity contribution is 9.10. The summed E-state index contributed by atoms with van der Waals surface area (Å²) >= 11 is 4.73. The largest absolute Gasteiger partial charge is 0.396 e. The zero-order valence-electron chi connectivity index (χ0n) is 9.54. The van der Waals surface area contributed by atoms with Crippen molar-refractivity contribution in [2.75, 3.05) is 5.73 Å². The minimum absolute atomic E-state index is 0.241. The van der Waals surface area contributed by atoms with Crippen molar-refractivity contribution in [1.29, 1.82) is 0 Å². The van der Waals surface area contributed by atoms with E-state index in [0.29, 0.717) is 0 Å². The van der Waals surface area contributed by atoms with Crippen LogP contribution in [-0.4, -0.2) is 5.91 Å². The summed E-state index contributed by atoms with van der Waals surface area (Å²) in [6.45, 7) is 0.241. The Kier molecular flexibility index (Phi) is 4.16. The number of hydrogen-bond acceptors (Lipinski definition) is 3. The number of nitrogens with one attached hydrogen (secondary N) is 1. The Hall–Kier alpha value is -1.47. The molecule has 2 aromatic rings. The summed E-state index contributed by atoms with van der Waals surface area (Å²) in [5.74, 6) is -2.36. The van der Waals surface area contributed by atoms with E-state index in [4.69, 9.17) is 5.73 Å². The van der Waals surface area contributed by atoms with Gasteiger partial charge in [0.2, 0.25) is 0 Å². The predicted molar refractivity (Wildman–Crippen MR) is 74.0 cm³/mol. The van der Waals surface area contributed by atoms with Crippen LogP contribution >= 0.6 is 27.3 Å². The van der Waals surface area contributed by atoms with Gasteiger partial charge in [0.15, 0.2) is 5.82 Å². The van der Waals surface area contributed by atoms with Gasteiger partial charge in [-0.2, -0.15) is 0 Å². The second kappa shape index (κ2) is 5.66. The van der Waals surface area contributed by atoms with Gasteiger partial charge < -0.3 is 11.1 Å². The van der Waals surface area contributed by atoms with Gasteiger partial charge in [0.05, 0.1) is 17.8 Å². The normalized spacial score (nSPS) is 10.5. The maximum atomic E-state index is 13.6. The van der Waals surface area contributed by atoms with Crippen molar-refractivity contribution >= 4 is 38.9 Å². The molecular formula is C12H9BrF2N2OS. The van der Waals surface area contributed by atoms with Crippen LogP contribution in [0.1, 0.15) is 15.2 Å². The Labute approximate surface area is 120 Å². The Bertz CT molecular complexity index is 630. The van der Waals surface area contributed by atoms with Crippen molar-refractivity contribution in [3.05, 3.63) is 50.1 Å². The number of carbonyl (C=O) groups is 1. The fourth-order valence-electron chi connectivity index (χ4n) is 1.48. The molecule has 0 aliphatic rings. The molecule has 0 bridgehead atoms. The highest BCUT2D eigenvalue weighted by Crippen LogP contribution is 2.20. The smallest absolute Gasteiger partial charge is 0.254 e. The summed E-state index contributed by atoms with van der Waals surface area (Å²) in [5.41, 5.74) is 4.49. The number of thiophene rings is 1. The third kappa shape index (κ3) is 3.30. The van der Waals surface area contributed by atoms with Gasteiger partial charge in [0.25, 0.3) is 5.91 Å². The molecule has 1 heterocycles. The number of halogens is 3. The molecule has 7 heteroatoms. The number of nitrogen functional groups attached to an aromatic ring is 1. The first kappa shape index (κ1) is 14.0. The molecule has 0 aliphatic carbocycles. The number of benzene rings is 1. The first-order chi connectivity index (χ1) is 8.97. The Balaban J connectivity index is 2.12. The third-order valence-electron chi connectivity index (χ3n) is 2.36. The zero-order chi connectivity index (χ0) is 14.0. The fourth-order valence-corrected chi connectivity index (χ4v) is 2.88. The van der Waals surface area contributed by atoms with E-state index >= 15 is 0 Å². The second-order valence-electron chi connectivity index (χ2n) is 3.77. The van der Waals surface area contributed by atoms with E-state index < -0.39 is 23.1 Å². The molecule has 1 aromatic heterocycles. The van der Waals surface area contributed by atoms with E-state index in [9.17, 15) is 13.6 Å². The Morgan fingerprint density at radius 3 is 2.74 bits per heavy atom. The molecule has 19 heavy (non-hydrogen) atoms. The molecule has 0 fully saturated rings. The summed E-state index contributed by atoms with van der Waals surface area (Å²) in [4.78, 5) is 12.7. The average Bonchev–Trinajstić information content (AvgIpc) is 2.76. The van der Waals surface area contributed by atoms with Gasteiger partial charge >= 0.3 is 0 Å². The molecule has 0 saturated carbocycles. The van der Waals surface area contributed by atoms with Gasteiger partial charge in [0, 0.05) is 14.7 Å². The van der Waals surface area contributed by atoms with Crippen LogP contribution in [0.5, 0.6) is 0 Å². The first-order valence-electron chi connectivity index (χ1n) is 5.23. The number of nitrogens with two attached hydrogens (primary N) is 1. The molecule has 3 N–H and O–H groups in total. The second-order valence-corrected chi connectivity index (χ2v) is 5.68. The maximum Gasteiger partial charge on any atom is 0.254 e. The van der Waals surface area contributed by atoms with Gasteiger partial charge in [-0.1, -0.05) is 0 Å². The number of rotatable bonds is 3. The molecule has 0 saturated heterocycles. The molecule has 0 radical (unpaired) electrons. The quantitative estimate of drug-likeness (QED) is 0.837. The van der Waals surface area contributed by atoms with Gasteiger partial charge in [0.1, 0.15) is 5.82 Å². The molecule has 0 unspecified atom stereocenters. The Morgan fingerprint density at radius 2 is 2.11 bits per heavy atom. The van der Waals surface area contributed by atoms with Crippen LogP contribution in [0.3, 0.4) is 0 Å². The number of amides is 1. The summed E-state index contributed by atoms with van der Waals surface area (Å²) in [6.07, 6.45) is 0. The van der Waals surface area contributed by atoms with E-state index in [2.05, 4.69) is 21.2 Å². The minimum Gasteiger partial charge on any atom is -0.396 e. The van der Waals surface area contributed by atoms with Crippen molar-refractivity contribution < 1.29 is 13.6 Å². The zero-order valence-corrected chi connectivity index (χ0v) is 11.9. The van der Waals surface area contributed by atoms with E-state index in [1.54, 1.807) is 0 Å². The standard InChI is InChI=1S/C12H9BrF2N2OS/c13-6-1-8(19-5-6)4-17-12(18)9-2-7(14)3-10(16)11(9)15/h1-3,5H,4,16H2,(H,17,18). The van der Waals surface area contributed by atoms with E-state index in [1.807, 2.05) is 11.4 Å². The minimum atomic E-state index is -0.911. The third-order valence-corrected chi connectivity index (χ3v) is 4.05. The summed E-state index contributed by atoms with van der Waals surface area (Å²) < 4.78 is 27.6. The molecular weight excluding hydrogens is 338 g/mol. The van der Waals surface area contributed by atoms with Gasteiger partial charge in [-0.15, -0.1) is 11.3 Å². The van der Waals surface area contributed by atoms with Crippen LogP contribution in [0.2, 0.25) is 0 Å². The van der Waals surface area contributed by atoms with E-state index in [1.165, 1.54) is 11.3 Å². The van der Waals surface area contributed by atoms with Crippen molar-refractivity contribution in [3.8, 4) is 0 Å². The van der Waals surface area contributed by atoms with Crippen LogP contribution in [-0.2, 0) is 6.54 Å². The highest BCUT2D eigenvalue weighted by atomic mass is 79.9. The number of hydrogen-bond donors (Lipinski definition) is 2. The lowest BCUT2D eigenvalue weighted by atomic mass is 10.1. The van der Waals surface area contributed by atoms with Crippen molar-refractivity contribution in [2.45, 2.75) is 6.54 Å². The molecule has 0 spiro atoms. The maximum absolute atomic E-state index is 13.6. The predicted octanol–water partition coefficient (Wildman–Crippen LogP) is 3.30. The van der Waals surface area contributed by atoms with Crippen LogP contribution in [0.25, 0.3) is 0 Å². The molecule has 1 aromatic carbocycles. The van der Waals surface area contributed by atoms with Crippen LogP contribution in [0.4, 0.5) is 14.5 Å². The lowest BCUT2D eigenvalue weighted by Gasteiger charge is -2.06. The van der Waals surface area contributed by atoms with Crippen molar-refractivity contribution in [2.24, 2.45) is 0 Å². The Morgan fingerprint density at radius 1 is 1.37 bits per heavy atom. The molecule has 3 nitrogen and oxygen atoms in total. The summed E-state index contributed by atoms with van der Waals surface area (Å²) in [6, 6.07) is 3.50. The monoisotopic (exact) mass is 346 g/mol. The fraction of sp³-hybridized carbons (Fsp3) is 0.0833. The lowest BCUT2D eigenvalue weighted by molar-refractivity contribution is 0.0947. The molecule has 0 atom stereocenters. The van der Waals surface area contributed by atoms with Crippen LogP contribution in [0.15, 0.2) is 28.1 Å². The SMILES string of the molecule is Nc1cc(F)cc(C(=O)NCc2cc(Br)cs2)c1F. The molecule has 0 aliphatic heterocycles. The highest BCUT2D eigenvalue weighted by Gasteiger charge is 2.16. The topological polar surface area (TPSA) is 55.1 Å². The molecule has 2 rings (SSSR count). The van der Waals surface area contributed by atoms with Gasteiger partial charge in [-0.3, -0.25) is 4.79 Å². The van der Waals surface area contributed by atoms with Gasteiger partial charge in [-0.25, -0.2) is 8.78 Å². The number of carbonyl (C=O) groups excluding carboxylic acids is 1. The molecule has 1 amide bonds. The van der Waals surface area contributed by atoms with E-state index in [-0.39, 0.29) is 12.2 Å². The number of anilines is 1. The van der Waals surface area contributed by atoms with Crippen LogP contribution in [0, 0.1) is 11.6 Å². The first-order valence-corrected chi connectivity index (χ1v) is 6.90. The van der Waals surface area contributed by atoms with Crippen molar-refractivity contribution in [1.82, 2.24) is 5.32 Å². The molecule has 100 valence electrons. The van der Waals surface area contributed by atoms with Crippen LogP contribution < -0.4 is 11.1 Å². The lowest BCUT2D eigenvalue weighted by Crippen LogP contribution is -2.24. The van der Waals surface area contributed by atoms with E-state index in [0.717, 1.165) is 21.5 Å². The summed E-state index contributed by atoms with van der Waals surface area (Å²) in [5, 5.41) is 4.38. The van der Waals surface area contributed by atoms with Gasteiger partial charge in [-0.05, 0) is 34.1 Å².